The summed E-state index contributed by atoms with van der Waals surface area (Å²) in [6, 6.07) is 2.35. The highest BCUT2D eigenvalue weighted by Gasteiger charge is 2.21. The first kappa shape index (κ1) is 13.0. The van der Waals surface area contributed by atoms with E-state index < -0.39 is 10.0 Å². The average Bonchev–Trinajstić information content (AvgIpc) is 3.01. The van der Waals surface area contributed by atoms with E-state index >= 15 is 0 Å². The molecule has 1 fully saturated rings. The second-order valence-electron chi connectivity index (χ2n) is 4.43. The zero-order valence-corrected chi connectivity index (χ0v) is 11.7. The third-order valence-corrected chi connectivity index (χ3v) is 5.92. The first-order chi connectivity index (χ1) is 7.99. The molecule has 1 heterocycles. The fraction of sp³-hybridized carbons (Fsp3) is 0.636. The number of rotatable bonds is 6. The van der Waals surface area contributed by atoms with Gasteiger partial charge in [0.2, 0.25) is 10.0 Å². The highest BCUT2D eigenvalue weighted by molar-refractivity contribution is 7.91. The standard InChI is InChI=1S/C11H18N2O2S2/c1-8-7-11(16-9(8)2)17(14,15)13-6-5-12-10-3-4-10/h7,10,12-13H,3-6H2,1-2H3. The lowest BCUT2D eigenvalue weighted by molar-refractivity contribution is 0.577. The van der Waals surface area contributed by atoms with Gasteiger partial charge in [-0.05, 0) is 38.3 Å². The molecule has 0 aromatic carbocycles. The van der Waals surface area contributed by atoms with Crippen molar-refractivity contribution in [2.45, 2.75) is 36.9 Å². The van der Waals surface area contributed by atoms with Crippen LogP contribution in [0.3, 0.4) is 0 Å². The molecule has 6 heteroatoms. The van der Waals surface area contributed by atoms with Crippen molar-refractivity contribution in [3.05, 3.63) is 16.5 Å². The molecule has 0 aliphatic heterocycles. The van der Waals surface area contributed by atoms with Crippen LogP contribution >= 0.6 is 11.3 Å². The van der Waals surface area contributed by atoms with Gasteiger partial charge in [0.05, 0.1) is 0 Å². The predicted octanol–water partition coefficient (Wildman–Crippen LogP) is 1.40. The number of nitrogens with one attached hydrogen (secondary N) is 2. The molecule has 1 aromatic heterocycles. The van der Waals surface area contributed by atoms with Crippen molar-refractivity contribution in [2.24, 2.45) is 0 Å². The molecular weight excluding hydrogens is 256 g/mol. The number of aryl methyl sites for hydroxylation is 2. The zero-order chi connectivity index (χ0) is 12.5. The summed E-state index contributed by atoms with van der Waals surface area (Å²) in [6.07, 6.45) is 2.44. The molecule has 17 heavy (non-hydrogen) atoms. The number of thiophene rings is 1. The van der Waals surface area contributed by atoms with Crippen molar-refractivity contribution < 1.29 is 8.42 Å². The molecule has 0 amide bonds. The second-order valence-corrected chi connectivity index (χ2v) is 7.68. The Balaban J connectivity index is 1.88. The van der Waals surface area contributed by atoms with Gasteiger partial charge < -0.3 is 5.32 Å². The molecule has 0 spiro atoms. The molecule has 2 N–H and O–H groups in total. The predicted molar refractivity (Wildman–Crippen MR) is 70.0 cm³/mol. The van der Waals surface area contributed by atoms with E-state index in [0.717, 1.165) is 10.4 Å². The maximum atomic E-state index is 11.9. The van der Waals surface area contributed by atoms with E-state index in [1.807, 2.05) is 13.8 Å². The van der Waals surface area contributed by atoms with Gasteiger partial charge in [0.1, 0.15) is 4.21 Å². The van der Waals surface area contributed by atoms with Crippen LogP contribution in [-0.2, 0) is 10.0 Å². The van der Waals surface area contributed by atoms with Crippen LogP contribution in [0.5, 0.6) is 0 Å². The van der Waals surface area contributed by atoms with Crippen LogP contribution in [0.25, 0.3) is 0 Å². The lowest BCUT2D eigenvalue weighted by Gasteiger charge is -2.05. The van der Waals surface area contributed by atoms with Crippen LogP contribution in [0, 0.1) is 13.8 Å². The van der Waals surface area contributed by atoms with Crippen LogP contribution in [0.1, 0.15) is 23.3 Å². The van der Waals surface area contributed by atoms with E-state index in [1.54, 1.807) is 6.07 Å². The summed E-state index contributed by atoms with van der Waals surface area (Å²) in [5, 5.41) is 3.27. The minimum Gasteiger partial charge on any atom is -0.313 e. The minimum atomic E-state index is -3.31. The van der Waals surface area contributed by atoms with E-state index in [1.165, 1.54) is 24.2 Å². The van der Waals surface area contributed by atoms with Crippen LogP contribution in [-0.4, -0.2) is 27.5 Å². The molecule has 1 aromatic rings. The lowest BCUT2D eigenvalue weighted by atomic mass is 10.3. The molecule has 2 rings (SSSR count). The molecule has 96 valence electrons. The molecule has 0 unspecified atom stereocenters. The van der Waals surface area contributed by atoms with Gasteiger partial charge in [-0.1, -0.05) is 0 Å². The summed E-state index contributed by atoms with van der Waals surface area (Å²) in [5.74, 6) is 0. The fourth-order valence-corrected chi connectivity index (χ4v) is 4.08. The number of sulfonamides is 1. The van der Waals surface area contributed by atoms with E-state index in [4.69, 9.17) is 0 Å². The SMILES string of the molecule is Cc1cc(S(=O)(=O)NCCNC2CC2)sc1C. The van der Waals surface area contributed by atoms with Gasteiger partial charge in [-0.15, -0.1) is 11.3 Å². The molecule has 1 aliphatic carbocycles. The van der Waals surface area contributed by atoms with E-state index in [-0.39, 0.29) is 0 Å². The molecule has 1 saturated carbocycles. The summed E-state index contributed by atoms with van der Waals surface area (Å²) >= 11 is 1.33. The smallest absolute Gasteiger partial charge is 0.250 e. The summed E-state index contributed by atoms with van der Waals surface area (Å²) in [7, 11) is -3.31. The quantitative estimate of drug-likeness (QED) is 0.771. The first-order valence-electron chi connectivity index (χ1n) is 5.79. The van der Waals surface area contributed by atoms with Crippen LogP contribution in [0.2, 0.25) is 0 Å². The topological polar surface area (TPSA) is 58.2 Å². The van der Waals surface area contributed by atoms with Crippen LogP contribution in [0.4, 0.5) is 0 Å². The molecule has 0 saturated heterocycles. The Bertz CT molecular complexity index is 470. The van der Waals surface area contributed by atoms with Crippen molar-refractivity contribution >= 4 is 21.4 Å². The Kier molecular flexibility index (Phi) is 3.87. The van der Waals surface area contributed by atoms with Gasteiger partial charge in [0, 0.05) is 24.0 Å². The molecule has 1 aliphatic rings. The first-order valence-corrected chi connectivity index (χ1v) is 8.09. The lowest BCUT2D eigenvalue weighted by Crippen LogP contribution is -2.32. The van der Waals surface area contributed by atoms with Gasteiger partial charge in [0.15, 0.2) is 0 Å². The van der Waals surface area contributed by atoms with Crippen molar-refractivity contribution in [1.29, 1.82) is 0 Å². The molecular formula is C11H18N2O2S2. The highest BCUT2D eigenvalue weighted by atomic mass is 32.2. The van der Waals surface area contributed by atoms with Crippen molar-refractivity contribution in [3.63, 3.8) is 0 Å². The van der Waals surface area contributed by atoms with Gasteiger partial charge >= 0.3 is 0 Å². The fourth-order valence-electron chi connectivity index (χ4n) is 1.49. The monoisotopic (exact) mass is 274 g/mol. The van der Waals surface area contributed by atoms with Crippen molar-refractivity contribution in [3.8, 4) is 0 Å². The third kappa shape index (κ3) is 3.51. The average molecular weight is 274 g/mol. The second kappa shape index (κ2) is 5.06. The Morgan fingerprint density at radius 3 is 2.59 bits per heavy atom. The van der Waals surface area contributed by atoms with Crippen molar-refractivity contribution in [2.75, 3.05) is 13.1 Å². The largest absolute Gasteiger partial charge is 0.313 e. The Morgan fingerprint density at radius 2 is 2.06 bits per heavy atom. The normalized spacial score (nSPS) is 16.4. The molecule has 0 atom stereocenters. The summed E-state index contributed by atoms with van der Waals surface area (Å²) in [6.45, 7) is 5.02. The van der Waals surface area contributed by atoms with Crippen LogP contribution in [0.15, 0.2) is 10.3 Å². The van der Waals surface area contributed by atoms with Crippen LogP contribution < -0.4 is 10.0 Å². The zero-order valence-electron chi connectivity index (χ0n) is 10.1. The number of hydrogen-bond acceptors (Lipinski definition) is 4. The molecule has 4 nitrogen and oxygen atoms in total. The van der Waals surface area contributed by atoms with E-state index in [9.17, 15) is 8.42 Å². The third-order valence-electron chi connectivity index (χ3n) is 2.84. The Labute approximate surface area is 106 Å². The van der Waals surface area contributed by atoms with Crippen molar-refractivity contribution in [1.82, 2.24) is 10.0 Å². The highest BCUT2D eigenvalue weighted by Crippen LogP contribution is 2.24. The van der Waals surface area contributed by atoms with Gasteiger partial charge in [-0.25, -0.2) is 13.1 Å². The summed E-state index contributed by atoms with van der Waals surface area (Å²) in [4.78, 5) is 1.06. The van der Waals surface area contributed by atoms with Gasteiger partial charge in [0.25, 0.3) is 0 Å². The Morgan fingerprint density at radius 1 is 1.35 bits per heavy atom. The minimum absolute atomic E-state index is 0.416. The molecule has 0 radical (unpaired) electrons. The van der Waals surface area contributed by atoms with E-state index in [0.29, 0.717) is 23.3 Å². The van der Waals surface area contributed by atoms with E-state index in [2.05, 4.69) is 10.0 Å². The molecule has 0 bridgehead atoms. The summed E-state index contributed by atoms with van der Waals surface area (Å²) in [5.41, 5.74) is 1.03. The van der Waals surface area contributed by atoms with Gasteiger partial charge in [-0.2, -0.15) is 0 Å². The maximum Gasteiger partial charge on any atom is 0.250 e. The Hall–Kier alpha value is -0.430. The maximum absolute atomic E-state index is 11.9. The van der Waals surface area contributed by atoms with Gasteiger partial charge in [-0.3, -0.25) is 0 Å². The summed E-state index contributed by atoms with van der Waals surface area (Å²) < 4.78 is 26.9. The number of hydrogen-bond donors (Lipinski definition) is 2.